The van der Waals surface area contributed by atoms with Gasteiger partial charge in [0.25, 0.3) is 5.69 Å². The third-order valence-corrected chi connectivity index (χ3v) is 5.41. The first-order chi connectivity index (χ1) is 16.0. The largest absolute Gasteiger partial charge is 0.493 e. The lowest BCUT2D eigenvalue weighted by Crippen LogP contribution is -1.99. The second kappa shape index (κ2) is 7.86. The Morgan fingerprint density at radius 2 is 1.70 bits per heavy atom. The van der Waals surface area contributed by atoms with Gasteiger partial charge in [0.2, 0.25) is 0 Å². The lowest BCUT2D eigenvalue weighted by molar-refractivity contribution is -0.384. The van der Waals surface area contributed by atoms with E-state index < -0.39 is 4.92 Å². The van der Waals surface area contributed by atoms with Crippen molar-refractivity contribution in [1.82, 2.24) is 14.8 Å². The average Bonchev–Trinajstić information content (AvgIpc) is 3.23. The molecule has 9 heteroatoms. The smallest absolute Gasteiger partial charge is 0.271 e. The third-order valence-electron chi connectivity index (χ3n) is 5.41. The molecule has 164 valence electrons. The highest BCUT2D eigenvalue weighted by Crippen LogP contribution is 2.38. The Morgan fingerprint density at radius 1 is 0.970 bits per heavy atom. The van der Waals surface area contributed by atoms with Gasteiger partial charge in [0, 0.05) is 40.7 Å². The van der Waals surface area contributed by atoms with E-state index in [2.05, 4.69) is 4.98 Å². The Labute approximate surface area is 187 Å². The van der Waals surface area contributed by atoms with E-state index in [1.165, 1.54) is 24.3 Å². The molecule has 0 unspecified atom stereocenters. The van der Waals surface area contributed by atoms with Crippen LogP contribution in [-0.4, -0.2) is 33.9 Å². The SMILES string of the molecule is COc1cc2ncc3c(-c4ccc(F)cc4)nn(-c4cccc([N+](=O)[O-])c4)c3c2cc1OC. The van der Waals surface area contributed by atoms with Crippen LogP contribution in [0.2, 0.25) is 0 Å². The Kier molecular flexibility index (Phi) is 4.86. The zero-order valence-electron chi connectivity index (χ0n) is 17.7. The highest BCUT2D eigenvalue weighted by Gasteiger charge is 2.20. The summed E-state index contributed by atoms with van der Waals surface area (Å²) < 4.78 is 26.1. The molecule has 5 rings (SSSR count). The van der Waals surface area contributed by atoms with Crippen LogP contribution in [-0.2, 0) is 0 Å². The molecule has 0 saturated heterocycles. The molecular weight excluding hydrogens is 427 g/mol. The molecule has 0 saturated carbocycles. The maximum absolute atomic E-state index is 13.5. The molecule has 0 radical (unpaired) electrons. The van der Waals surface area contributed by atoms with E-state index in [0.29, 0.717) is 44.9 Å². The molecule has 0 aliphatic carbocycles. The van der Waals surface area contributed by atoms with E-state index in [9.17, 15) is 14.5 Å². The summed E-state index contributed by atoms with van der Waals surface area (Å²) in [5.74, 6) is 0.674. The van der Waals surface area contributed by atoms with Crippen LogP contribution in [0.15, 0.2) is 66.9 Å². The Bertz CT molecular complexity index is 1530. The number of halogens is 1. The zero-order valence-corrected chi connectivity index (χ0v) is 17.7. The molecule has 33 heavy (non-hydrogen) atoms. The number of non-ortho nitro benzene ring substituents is 1. The molecule has 0 bridgehead atoms. The van der Waals surface area contributed by atoms with Gasteiger partial charge in [-0.15, -0.1) is 0 Å². The van der Waals surface area contributed by atoms with Gasteiger partial charge in [-0.3, -0.25) is 15.1 Å². The van der Waals surface area contributed by atoms with Crippen molar-refractivity contribution in [2.75, 3.05) is 14.2 Å². The molecule has 2 aromatic heterocycles. The van der Waals surface area contributed by atoms with Gasteiger partial charge in [-0.1, -0.05) is 6.07 Å². The number of hydrogen-bond acceptors (Lipinski definition) is 6. The van der Waals surface area contributed by atoms with Gasteiger partial charge in [-0.2, -0.15) is 5.10 Å². The predicted molar refractivity (Wildman–Crippen MR) is 122 cm³/mol. The first-order valence-electron chi connectivity index (χ1n) is 9.94. The van der Waals surface area contributed by atoms with Crippen molar-refractivity contribution in [2.24, 2.45) is 0 Å². The van der Waals surface area contributed by atoms with Crippen molar-refractivity contribution in [1.29, 1.82) is 0 Å². The maximum Gasteiger partial charge on any atom is 0.271 e. The van der Waals surface area contributed by atoms with Gasteiger partial charge >= 0.3 is 0 Å². The highest BCUT2D eigenvalue weighted by molar-refractivity contribution is 6.09. The number of benzene rings is 3. The standard InChI is InChI=1S/C24H17FN4O4/c1-32-21-11-18-20(12-22(21)33-2)26-13-19-23(14-6-8-15(25)9-7-14)27-28(24(18)19)16-4-3-5-17(10-16)29(30)31/h3-13H,1-2H3. The molecule has 8 nitrogen and oxygen atoms in total. The lowest BCUT2D eigenvalue weighted by atomic mass is 10.1. The van der Waals surface area contributed by atoms with Crippen molar-refractivity contribution in [2.45, 2.75) is 0 Å². The van der Waals surface area contributed by atoms with Crippen LogP contribution < -0.4 is 9.47 Å². The van der Waals surface area contributed by atoms with Gasteiger partial charge in [-0.05, 0) is 36.4 Å². The van der Waals surface area contributed by atoms with Gasteiger partial charge in [0.05, 0.1) is 35.9 Å². The van der Waals surface area contributed by atoms with Crippen LogP contribution in [0.1, 0.15) is 0 Å². The minimum Gasteiger partial charge on any atom is -0.493 e. The normalized spacial score (nSPS) is 11.1. The molecular formula is C24H17FN4O4. The fourth-order valence-corrected chi connectivity index (χ4v) is 3.86. The quantitative estimate of drug-likeness (QED) is 0.270. The minimum absolute atomic E-state index is 0.0582. The van der Waals surface area contributed by atoms with Crippen LogP contribution in [0.3, 0.4) is 0 Å². The molecule has 0 spiro atoms. The number of rotatable bonds is 5. The first kappa shape index (κ1) is 20.4. The van der Waals surface area contributed by atoms with Gasteiger partial charge in [0.15, 0.2) is 11.5 Å². The first-order valence-corrected chi connectivity index (χ1v) is 9.94. The van der Waals surface area contributed by atoms with Crippen LogP contribution in [0, 0.1) is 15.9 Å². The topological polar surface area (TPSA) is 92.3 Å². The maximum atomic E-state index is 13.5. The average molecular weight is 444 g/mol. The van der Waals surface area contributed by atoms with Gasteiger partial charge in [-0.25, -0.2) is 9.07 Å². The fourth-order valence-electron chi connectivity index (χ4n) is 3.86. The van der Waals surface area contributed by atoms with E-state index in [4.69, 9.17) is 14.6 Å². The molecule has 0 N–H and O–H groups in total. The summed E-state index contributed by atoms with van der Waals surface area (Å²) >= 11 is 0. The summed E-state index contributed by atoms with van der Waals surface area (Å²) in [5.41, 5.74) is 3.02. The number of nitro groups is 1. The van der Waals surface area contributed by atoms with Crippen molar-refractivity contribution in [3.63, 3.8) is 0 Å². The second-order valence-electron chi connectivity index (χ2n) is 7.29. The predicted octanol–water partition coefficient (Wildman–Crippen LogP) is 5.31. The zero-order chi connectivity index (χ0) is 23.1. The summed E-state index contributed by atoms with van der Waals surface area (Å²) in [6.07, 6.45) is 1.68. The minimum atomic E-state index is -0.455. The van der Waals surface area contributed by atoms with Crippen molar-refractivity contribution < 1.29 is 18.8 Å². The number of aromatic nitrogens is 3. The van der Waals surface area contributed by atoms with Gasteiger partial charge < -0.3 is 9.47 Å². The van der Waals surface area contributed by atoms with Crippen LogP contribution >= 0.6 is 0 Å². The van der Waals surface area contributed by atoms with E-state index in [1.54, 1.807) is 61.5 Å². The molecule has 0 amide bonds. The lowest BCUT2D eigenvalue weighted by Gasteiger charge is -2.10. The van der Waals surface area contributed by atoms with E-state index in [0.717, 1.165) is 5.39 Å². The number of nitrogens with zero attached hydrogens (tertiary/aromatic N) is 4. The molecule has 0 aliphatic rings. The number of hydrogen-bond donors (Lipinski definition) is 0. The Hall–Kier alpha value is -4.53. The molecule has 3 aromatic carbocycles. The summed E-state index contributed by atoms with van der Waals surface area (Å²) in [7, 11) is 3.08. The van der Waals surface area contributed by atoms with Gasteiger partial charge in [0.1, 0.15) is 11.5 Å². The monoisotopic (exact) mass is 444 g/mol. The molecule has 2 heterocycles. The number of fused-ring (bicyclic) bond motifs is 3. The number of ether oxygens (including phenoxy) is 2. The Morgan fingerprint density at radius 3 is 2.39 bits per heavy atom. The Balaban J connectivity index is 1.89. The molecule has 5 aromatic rings. The van der Waals surface area contributed by atoms with Crippen molar-refractivity contribution >= 4 is 27.5 Å². The van der Waals surface area contributed by atoms with Crippen molar-refractivity contribution in [3.05, 3.63) is 82.8 Å². The molecule has 0 aliphatic heterocycles. The van der Waals surface area contributed by atoms with Crippen LogP contribution in [0.25, 0.3) is 38.8 Å². The fraction of sp³-hybridized carbons (Fsp3) is 0.0833. The van der Waals surface area contributed by atoms with E-state index in [-0.39, 0.29) is 11.5 Å². The van der Waals surface area contributed by atoms with Crippen LogP contribution in [0.4, 0.5) is 10.1 Å². The number of nitro benzene ring substituents is 1. The summed E-state index contributed by atoms with van der Waals surface area (Å²) in [6.45, 7) is 0. The highest BCUT2D eigenvalue weighted by atomic mass is 19.1. The van der Waals surface area contributed by atoms with E-state index >= 15 is 0 Å². The summed E-state index contributed by atoms with van der Waals surface area (Å²) in [5, 5.41) is 17.6. The summed E-state index contributed by atoms with van der Waals surface area (Å²) in [6, 6.07) is 15.8. The van der Waals surface area contributed by atoms with Crippen molar-refractivity contribution in [3.8, 4) is 28.4 Å². The number of methoxy groups -OCH3 is 2. The van der Waals surface area contributed by atoms with Crippen LogP contribution in [0.5, 0.6) is 11.5 Å². The van der Waals surface area contributed by atoms with E-state index in [1.807, 2.05) is 0 Å². The molecule has 0 fully saturated rings. The summed E-state index contributed by atoms with van der Waals surface area (Å²) in [4.78, 5) is 15.5. The molecule has 0 atom stereocenters. The third kappa shape index (κ3) is 3.39. The second-order valence-corrected chi connectivity index (χ2v) is 7.29. The number of pyridine rings is 1.